The van der Waals surface area contributed by atoms with Crippen molar-refractivity contribution in [1.82, 2.24) is 10.1 Å². The van der Waals surface area contributed by atoms with Crippen molar-refractivity contribution in [2.45, 2.75) is 58.3 Å². The van der Waals surface area contributed by atoms with Crippen molar-refractivity contribution in [2.24, 2.45) is 0 Å². The highest BCUT2D eigenvalue weighted by Gasteiger charge is 2.58. The van der Waals surface area contributed by atoms with Gasteiger partial charge < -0.3 is 19.0 Å². The number of halogens is 1. The molecule has 1 atom stereocenters. The lowest BCUT2D eigenvalue weighted by atomic mass is 9.85. The van der Waals surface area contributed by atoms with Crippen molar-refractivity contribution in [3.63, 3.8) is 0 Å². The van der Waals surface area contributed by atoms with E-state index in [1.807, 2.05) is 19.9 Å². The fourth-order valence-electron chi connectivity index (χ4n) is 4.91. The molecule has 3 aliphatic rings. The summed E-state index contributed by atoms with van der Waals surface area (Å²) in [6.07, 6.45) is 0.903. The van der Waals surface area contributed by atoms with Gasteiger partial charge >= 0.3 is 6.16 Å². The van der Waals surface area contributed by atoms with E-state index in [0.717, 1.165) is 17.5 Å². The maximum absolute atomic E-state index is 14.0. The average molecular weight is 495 g/mol. The predicted octanol–water partition coefficient (Wildman–Crippen LogP) is 4.15. The second kappa shape index (κ2) is 10.2. The molecule has 0 bridgehead atoms. The zero-order valence-electron chi connectivity index (χ0n) is 20.0. The van der Waals surface area contributed by atoms with Crippen molar-refractivity contribution < 1.29 is 33.5 Å². The van der Waals surface area contributed by atoms with Crippen LogP contribution in [0.3, 0.4) is 0 Å². The maximum Gasteiger partial charge on any atom is 0.513 e. The third kappa shape index (κ3) is 4.55. The largest absolute Gasteiger partial charge is 0.513 e. The number of hydroxylamine groups is 4. The van der Waals surface area contributed by atoms with Gasteiger partial charge in [0, 0.05) is 30.1 Å². The predicted molar refractivity (Wildman–Crippen MR) is 123 cm³/mol. The van der Waals surface area contributed by atoms with Crippen LogP contribution in [0.1, 0.15) is 49.3 Å². The first-order valence-corrected chi connectivity index (χ1v) is 12.0. The number of rotatable bonds is 6. The first-order valence-electron chi connectivity index (χ1n) is 11.6. The van der Waals surface area contributed by atoms with Gasteiger partial charge in [0.05, 0.1) is 25.9 Å². The Kier molecular flexibility index (Phi) is 7.49. The lowest BCUT2D eigenvalue weighted by molar-refractivity contribution is -0.291. The first-order chi connectivity index (χ1) is 16.3. The van der Waals surface area contributed by atoms with Gasteiger partial charge in [0.1, 0.15) is 5.54 Å². The van der Waals surface area contributed by atoms with Gasteiger partial charge in [-0.2, -0.15) is 5.06 Å². The Balaban J connectivity index is 1.87. The van der Waals surface area contributed by atoms with Gasteiger partial charge in [0.15, 0.2) is 12.0 Å². The molecule has 34 heavy (non-hydrogen) atoms. The number of hydrogen-bond donors (Lipinski definition) is 0. The number of ether oxygens (including phenoxy) is 3. The van der Waals surface area contributed by atoms with Crippen molar-refractivity contribution in [2.75, 3.05) is 33.4 Å². The van der Waals surface area contributed by atoms with Crippen LogP contribution in [0.4, 0.5) is 4.79 Å². The summed E-state index contributed by atoms with van der Waals surface area (Å²) in [6, 6.07) is 3.73. The van der Waals surface area contributed by atoms with Crippen LogP contribution in [0.2, 0.25) is 5.02 Å². The van der Waals surface area contributed by atoms with E-state index in [4.69, 9.17) is 35.5 Å². The Hall–Kier alpha value is -2.17. The second-order valence-corrected chi connectivity index (χ2v) is 9.13. The van der Waals surface area contributed by atoms with Crippen LogP contribution in [0.25, 0.3) is 5.57 Å². The molecule has 1 amide bonds. The van der Waals surface area contributed by atoms with Crippen LogP contribution < -0.4 is 0 Å². The fourth-order valence-corrected chi connectivity index (χ4v) is 5.33. The molecule has 10 heteroatoms. The van der Waals surface area contributed by atoms with Crippen LogP contribution in [-0.2, 0) is 28.7 Å². The van der Waals surface area contributed by atoms with Gasteiger partial charge in [0.2, 0.25) is 0 Å². The van der Waals surface area contributed by atoms with Crippen molar-refractivity contribution in [3.8, 4) is 0 Å². The van der Waals surface area contributed by atoms with Gasteiger partial charge in [-0.25, -0.2) is 14.7 Å². The second-order valence-electron chi connectivity index (χ2n) is 8.72. The Morgan fingerprint density at radius 3 is 2.59 bits per heavy atom. The van der Waals surface area contributed by atoms with E-state index in [1.165, 1.54) is 5.06 Å². The highest BCUT2D eigenvalue weighted by Crippen LogP contribution is 2.49. The molecule has 3 aliphatic heterocycles. The highest BCUT2D eigenvalue weighted by molar-refractivity contribution is 6.36. The molecular weight excluding hydrogens is 464 g/mol. The first kappa shape index (κ1) is 24.9. The van der Waals surface area contributed by atoms with Gasteiger partial charge in [-0.3, -0.25) is 4.79 Å². The lowest BCUT2D eigenvalue weighted by Gasteiger charge is -2.43. The minimum atomic E-state index is -1.04. The van der Waals surface area contributed by atoms with Gasteiger partial charge in [-0.15, -0.1) is 0 Å². The normalized spacial score (nSPS) is 22.7. The van der Waals surface area contributed by atoms with Gasteiger partial charge in [-0.1, -0.05) is 17.7 Å². The molecule has 1 aromatic rings. The Morgan fingerprint density at radius 2 is 2.00 bits per heavy atom. The number of hydrogen-bond acceptors (Lipinski definition) is 8. The van der Waals surface area contributed by atoms with E-state index in [1.54, 1.807) is 25.2 Å². The third-order valence-electron chi connectivity index (χ3n) is 6.48. The molecular formula is C24H31ClN2O7. The SMILES string of the molecule is CCOC(=O)OC1=C(c2c(C)cc(C)cc2Cl)C(=O)N(OC2CCCO2)C12CCN(OC)CC2. The number of nitrogens with zero attached hydrogens (tertiary/aromatic N) is 2. The Morgan fingerprint density at radius 1 is 1.26 bits per heavy atom. The molecule has 4 rings (SSSR count). The molecule has 1 unspecified atom stereocenters. The van der Waals surface area contributed by atoms with Crippen LogP contribution >= 0.6 is 11.6 Å². The highest BCUT2D eigenvalue weighted by atomic mass is 35.5. The molecule has 186 valence electrons. The van der Waals surface area contributed by atoms with Crippen LogP contribution in [0.5, 0.6) is 0 Å². The number of carbonyl (C=O) groups is 2. The van der Waals surface area contributed by atoms with Crippen LogP contribution in [0, 0.1) is 13.8 Å². The summed E-state index contributed by atoms with van der Waals surface area (Å²) < 4.78 is 16.6. The molecule has 9 nitrogen and oxygen atoms in total. The molecule has 0 aliphatic carbocycles. The molecule has 1 aromatic carbocycles. The van der Waals surface area contributed by atoms with Crippen LogP contribution in [0.15, 0.2) is 17.9 Å². The van der Waals surface area contributed by atoms with E-state index in [0.29, 0.717) is 49.5 Å². The summed E-state index contributed by atoms with van der Waals surface area (Å²) >= 11 is 6.66. The molecule has 2 saturated heterocycles. The smallest absolute Gasteiger partial charge is 0.434 e. The Bertz CT molecular complexity index is 959. The molecule has 0 saturated carbocycles. The summed E-state index contributed by atoms with van der Waals surface area (Å²) in [7, 11) is 1.60. The zero-order chi connectivity index (χ0) is 24.5. The molecule has 0 N–H and O–H groups in total. The summed E-state index contributed by atoms with van der Waals surface area (Å²) in [5.74, 6) is -0.229. The number of piperidine rings is 1. The minimum absolute atomic E-state index is 0.139. The molecule has 1 spiro atoms. The monoisotopic (exact) mass is 494 g/mol. The summed E-state index contributed by atoms with van der Waals surface area (Å²) in [5.41, 5.74) is 1.44. The van der Waals surface area contributed by atoms with E-state index in [-0.39, 0.29) is 17.9 Å². The summed E-state index contributed by atoms with van der Waals surface area (Å²) in [6.45, 7) is 7.19. The van der Waals surface area contributed by atoms with E-state index >= 15 is 0 Å². The van der Waals surface area contributed by atoms with E-state index in [9.17, 15) is 9.59 Å². The number of carbonyl (C=O) groups excluding carboxylic acids is 2. The van der Waals surface area contributed by atoms with Crippen LogP contribution in [-0.4, -0.2) is 67.4 Å². The van der Waals surface area contributed by atoms with E-state index < -0.39 is 23.9 Å². The standard InChI is InChI=1S/C24H31ClN2O7/c1-5-31-23(29)33-21-20(19-16(3)13-15(2)14-17(19)25)22(28)27(34-18-7-6-12-32-18)24(21)8-10-26(30-4)11-9-24/h13-14,18H,5-12H2,1-4H3. The summed E-state index contributed by atoms with van der Waals surface area (Å²) in [5, 5.41) is 3.54. The topological polar surface area (TPSA) is 86.8 Å². The van der Waals surface area contributed by atoms with Crippen molar-refractivity contribution >= 4 is 29.2 Å². The number of amides is 1. The van der Waals surface area contributed by atoms with Crippen molar-refractivity contribution in [1.29, 1.82) is 0 Å². The number of aryl methyl sites for hydroxylation is 2. The summed E-state index contributed by atoms with van der Waals surface area (Å²) in [4.78, 5) is 38.1. The average Bonchev–Trinajstić information content (AvgIpc) is 3.37. The van der Waals surface area contributed by atoms with Crippen molar-refractivity contribution in [3.05, 3.63) is 39.6 Å². The molecule has 3 heterocycles. The lowest BCUT2D eigenvalue weighted by Crippen LogP contribution is -2.56. The maximum atomic E-state index is 14.0. The Labute approximate surface area is 204 Å². The van der Waals surface area contributed by atoms with Gasteiger partial charge in [-0.05, 0) is 57.2 Å². The van der Waals surface area contributed by atoms with E-state index in [2.05, 4.69) is 0 Å². The number of benzene rings is 1. The molecule has 2 fully saturated rings. The van der Waals surface area contributed by atoms with Gasteiger partial charge in [0.25, 0.3) is 5.91 Å². The fraction of sp³-hybridized carbons (Fsp3) is 0.583. The third-order valence-corrected chi connectivity index (χ3v) is 6.78. The minimum Gasteiger partial charge on any atom is -0.434 e. The zero-order valence-corrected chi connectivity index (χ0v) is 20.8. The quantitative estimate of drug-likeness (QED) is 0.545. The molecule has 0 radical (unpaired) electrons. The molecule has 0 aromatic heterocycles.